The number of aryl methyl sites for hydroxylation is 4. The molecule has 0 aliphatic rings. The number of hydrazine groups is 1. The first-order valence-electron chi connectivity index (χ1n) is 17.4. The van der Waals surface area contributed by atoms with Gasteiger partial charge in [-0.15, -0.1) is 23.2 Å². The van der Waals surface area contributed by atoms with E-state index in [0.717, 1.165) is 0 Å². The zero-order chi connectivity index (χ0) is 41.4. The fraction of sp³-hybridized carbons (Fsp3) is 0.278. The molecule has 0 radical (unpaired) electrons. The number of hydrogen-bond donors (Lipinski definition) is 6. The highest BCUT2D eigenvalue weighted by Gasteiger charge is 2.29. The Kier molecular flexibility index (Phi) is 13.5. The van der Waals surface area contributed by atoms with Crippen LogP contribution in [0.3, 0.4) is 0 Å². The van der Waals surface area contributed by atoms with Gasteiger partial charge in [-0.2, -0.15) is 5.10 Å². The van der Waals surface area contributed by atoms with Crippen LogP contribution < -0.4 is 32.0 Å². The lowest BCUT2D eigenvalue weighted by Gasteiger charge is -2.32. The fourth-order valence-corrected chi connectivity index (χ4v) is 6.16. The first-order chi connectivity index (χ1) is 27.2. The summed E-state index contributed by atoms with van der Waals surface area (Å²) in [6.07, 6.45) is 4.88. The number of carbonyl (C=O) groups excluding carboxylic acids is 5. The lowest BCUT2D eigenvalue weighted by Crippen LogP contribution is -2.49. The van der Waals surface area contributed by atoms with Crippen LogP contribution in [0.15, 0.2) is 67.1 Å². The van der Waals surface area contributed by atoms with E-state index in [9.17, 15) is 24.0 Å². The number of amidine groups is 1. The van der Waals surface area contributed by atoms with E-state index in [-0.39, 0.29) is 78.4 Å². The summed E-state index contributed by atoms with van der Waals surface area (Å²) in [6.45, 7) is 0.758. The summed E-state index contributed by atoms with van der Waals surface area (Å²) < 4.78 is 5.82. The standard InChI is InChI=1S/C36H42Cl2N14O5/c1-47-19-23(16-25(47)32(53)41-13-10-28(39)40)42-33(54)26-17-24(20-48(26)2)43-34(55)27-18-29(46-50(27)4)44-35(56)31-45-30(21-49(31)3)52(51(14-11-37)15-12-38)36(57)22-8-6-5-7-9-22/h5-9,16-21H,10-15H2,1-4H3,(H3,39,40)(H,41,53)(H,42,54)(H,43,55)(H,44,46,56). The van der Waals surface area contributed by atoms with Crippen LogP contribution in [0.25, 0.3) is 0 Å². The molecule has 0 aliphatic carbocycles. The van der Waals surface area contributed by atoms with Crippen molar-refractivity contribution in [2.45, 2.75) is 6.42 Å². The lowest BCUT2D eigenvalue weighted by atomic mass is 10.2. The molecular formula is C36H42Cl2N14O5. The van der Waals surface area contributed by atoms with Crippen LogP contribution in [0, 0.1) is 5.41 Å². The normalized spacial score (nSPS) is 11.0. The molecule has 0 fully saturated rings. The molecule has 0 bridgehead atoms. The van der Waals surface area contributed by atoms with Crippen molar-refractivity contribution in [3.8, 4) is 0 Å². The maximum atomic E-state index is 13.7. The minimum absolute atomic E-state index is 0.0426. The molecular weight excluding hydrogens is 779 g/mol. The molecule has 19 nitrogen and oxygen atoms in total. The SMILES string of the molecule is Cn1cc(NC(=O)c2cc(NC(=O)c3cc(NC(=O)c4nc(N(C(=O)c5ccccc5)N(CCCl)CCCl)cn4C)nn3C)cn2C)cc1C(=O)NCCC(=N)N. The third-order valence-electron chi connectivity index (χ3n) is 8.49. The Bertz CT molecular complexity index is 2290. The zero-order valence-electron chi connectivity index (χ0n) is 31.5. The van der Waals surface area contributed by atoms with E-state index in [0.29, 0.717) is 22.6 Å². The van der Waals surface area contributed by atoms with Crippen molar-refractivity contribution in [1.82, 2.24) is 38.8 Å². The van der Waals surface area contributed by atoms with Crippen LogP contribution in [-0.2, 0) is 28.2 Å². The highest BCUT2D eigenvalue weighted by Crippen LogP contribution is 2.22. The van der Waals surface area contributed by atoms with Crippen molar-refractivity contribution in [3.63, 3.8) is 0 Å². The summed E-state index contributed by atoms with van der Waals surface area (Å²) in [5.41, 5.74) is 7.02. The van der Waals surface area contributed by atoms with Crippen LogP contribution in [-0.4, -0.2) is 100 Å². The summed E-state index contributed by atoms with van der Waals surface area (Å²) in [6, 6.07) is 13.0. The summed E-state index contributed by atoms with van der Waals surface area (Å²) in [4.78, 5) is 70.8. The van der Waals surface area contributed by atoms with Crippen molar-refractivity contribution in [2.75, 3.05) is 52.4 Å². The van der Waals surface area contributed by atoms with Crippen LogP contribution in [0.5, 0.6) is 0 Å². The molecule has 0 aliphatic heterocycles. The van der Waals surface area contributed by atoms with Crippen molar-refractivity contribution in [2.24, 2.45) is 33.9 Å². The molecule has 0 atom stereocenters. The van der Waals surface area contributed by atoms with E-state index in [1.807, 2.05) is 0 Å². The molecule has 21 heteroatoms. The average Bonchev–Trinajstić information content (AvgIpc) is 3.93. The molecule has 0 unspecified atom stereocenters. The molecule has 57 heavy (non-hydrogen) atoms. The third kappa shape index (κ3) is 10.1. The van der Waals surface area contributed by atoms with Gasteiger partial charge in [0.25, 0.3) is 29.5 Å². The molecule has 0 spiro atoms. The molecule has 4 aromatic heterocycles. The smallest absolute Gasteiger partial charge is 0.292 e. The van der Waals surface area contributed by atoms with Crippen LogP contribution >= 0.6 is 23.2 Å². The first-order valence-corrected chi connectivity index (χ1v) is 18.5. The summed E-state index contributed by atoms with van der Waals surface area (Å²) in [5, 5.41) is 25.4. The van der Waals surface area contributed by atoms with Gasteiger partial charge in [0.1, 0.15) is 17.1 Å². The number of rotatable bonds is 17. The number of amides is 5. The Morgan fingerprint density at radius 2 is 1.33 bits per heavy atom. The summed E-state index contributed by atoms with van der Waals surface area (Å²) in [5.74, 6) is -1.95. The highest BCUT2D eigenvalue weighted by atomic mass is 35.5. The second kappa shape index (κ2) is 18.5. The number of alkyl halides is 2. The van der Waals surface area contributed by atoms with Crippen LogP contribution in [0.4, 0.5) is 23.0 Å². The van der Waals surface area contributed by atoms with Crippen molar-refractivity contribution in [1.29, 1.82) is 5.41 Å². The first kappa shape index (κ1) is 41.7. The Morgan fingerprint density at radius 3 is 1.91 bits per heavy atom. The molecule has 7 N–H and O–H groups in total. The minimum Gasteiger partial charge on any atom is -0.388 e. The van der Waals surface area contributed by atoms with E-state index in [1.54, 1.807) is 73.4 Å². The Balaban J connectivity index is 1.26. The fourth-order valence-electron chi connectivity index (χ4n) is 5.77. The predicted molar refractivity (Wildman–Crippen MR) is 216 cm³/mol. The number of nitrogens with zero attached hydrogens (tertiary/aromatic N) is 8. The molecule has 5 rings (SSSR count). The van der Waals surface area contributed by atoms with E-state index in [1.165, 1.54) is 50.3 Å². The quantitative estimate of drug-likeness (QED) is 0.0350. The monoisotopic (exact) mass is 820 g/mol. The maximum absolute atomic E-state index is 13.7. The van der Waals surface area contributed by atoms with Gasteiger partial charge in [-0.3, -0.25) is 34.1 Å². The second-order valence-electron chi connectivity index (χ2n) is 12.7. The topological polar surface area (TPSA) is 235 Å². The van der Waals surface area contributed by atoms with E-state index in [2.05, 4.69) is 31.3 Å². The Labute approximate surface area is 337 Å². The van der Waals surface area contributed by atoms with Gasteiger partial charge in [0.2, 0.25) is 5.82 Å². The Hall–Kier alpha value is -6.44. The number of aromatic nitrogens is 6. The molecule has 4 heterocycles. The predicted octanol–water partition coefficient (Wildman–Crippen LogP) is 2.98. The number of nitrogens with one attached hydrogen (secondary N) is 5. The van der Waals surface area contributed by atoms with Gasteiger partial charge in [-0.25, -0.2) is 15.0 Å². The van der Waals surface area contributed by atoms with Gasteiger partial charge in [-0.05, 0) is 24.3 Å². The number of imidazole rings is 1. The molecule has 0 saturated carbocycles. The molecule has 0 saturated heterocycles. The van der Waals surface area contributed by atoms with Crippen molar-refractivity contribution < 1.29 is 24.0 Å². The largest absolute Gasteiger partial charge is 0.388 e. The van der Waals surface area contributed by atoms with Crippen LogP contribution in [0.1, 0.15) is 58.9 Å². The van der Waals surface area contributed by atoms with Crippen molar-refractivity contribution in [3.05, 3.63) is 95.6 Å². The van der Waals surface area contributed by atoms with Crippen LogP contribution in [0.2, 0.25) is 0 Å². The Morgan fingerprint density at radius 1 is 0.754 bits per heavy atom. The number of nitrogens with two attached hydrogens (primary N) is 1. The molecule has 5 aromatic rings. The van der Waals surface area contributed by atoms with Gasteiger partial charge >= 0.3 is 0 Å². The molecule has 1 aromatic carbocycles. The second-order valence-corrected chi connectivity index (χ2v) is 13.5. The highest BCUT2D eigenvalue weighted by molar-refractivity contribution is 6.18. The summed E-state index contributed by atoms with van der Waals surface area (Å²) in [7, 11) is 6.42. The molecule has 5 amide bonds. The number of benzene rings is 1. The lowest BCUT2D eigenvalue weighted by molar-refractivity contribution is 0.0899. The number of carbonyl (C=O) groups is 5. The third-order valence-corrected chi connectivity index (χ3v) is 8.83. The minimum atomic E-state index is -0.653. The van der Waals surface area contributed by atoms with Gasteiger partial charge in [0, 0.05) is 96.2 Å². The number of hydrogen-bond acceptors (Lipinski definition) is 9. The number of halogens is 2. The van der Waals surface area contributed by atoms with E-state index >= 15 is 0 Å². The average molecular weight is 822 g/mol. The number of anilines is 4. The van der Waals surface area contributed by atoms with E-state index < -0.39 is 23.6 Å². The molecule has 300 valence electrons. The van der Waals surface area contributed by atoms with Gasteiger partial charge < -0.3 is 40.7 Å². The summed E-state index contributed by atoms with van der Waals surface area (Å²) >= 11 is 12.1. The maximum Gasteiger partial charge on any atom is 0.292 e. The van der Waals surface area contributed by atoms with Crippen molar-refractivity contribution >= 4 is 81.6 Å². The van der Waals surface area contributed by atoms with E-state index in [4.69, 9.17) is 34.3 Å². The van der Waals surface area contributed by atoms with Gasteiger partial charge in [-0.1, -0.05) is 18.2 Å². The van der Waals surface area contributed by atoms with Gasteiger partial charge in [0.05, 0.1) is 17.2 Å². The van der Waals surface area contributed by atoms with Gasteiger partial charge in [0.15, 0.2) is 11.6 Å². The zero-order valence-corrected chi connectivity index (χ0v) is 33.1.